The van der Waals surface area contributed by atoms with E-state index in [-0.39, 0.29) is 5.56 Å². The van der Waals surface area contributed by atoms with Crippen molar-refractivity contribution in [1.29, 1.82) is 0 Å². The Morgan fingerprint density at radius 3 is 2.59 bits per heavy atom. The van der Waals surface area contributed by atoms with Gasteiger partial charge in [0.2, 0.25) is 0 Å². The molecular weight excluding hydrogens is 360 g/mol. The zero-order valence-corrected chi connectivity index (χ0v) is 17.1. The van der Waals surface area contributed by atoms with Crippen molar-refractivity contribution in [2.75, 3.05) is 13.2 Å². The molecule has 6 heteroatoms. The number of rotatable bonds is 8. The number of nitrogens with zero attached hydrogens (tertiary/aromatic N) is 2. The Hall–Kier alpha value is -2.34. The number of hydrogen-bond acceptors (Lipinski definition) is 5. The van der Waals surface area contributed by atoms with E-state index in [4.69, 9.17) is 9.47 Å². The second-order valence-electron chi connectivity index (χ2n) is 6.78. The van der Waals surface area contributed by atoms with E-state index in [0.717, 1.165) is 28.8 Å². The predicted octanol–water partition coefficient (Wildman–Crippen LogP) is 4.97. The van der Waals surface area contributed by atoms with E-state index in [1.807, 2.05) is 37.4 Å². The van der Waals surface area contributed by atoms with Crippen LogP contribution in [0.15, 0.2) is 34.7 Å². The van der Waals surface area contributed by atoms with Gasteiger partial charge in [0.25, 0.3) is 5.56 Å². The molecule has 0 bridgehead atoms. The first kappa shape index (κ1) is 19.4. The summed E-state index contributed by atoms with van der Waals surface area (Å²) in [6.07, 6.45) is 2.63. The Balaban J connectivity index is 2.01. The Morgan fingerprint density at radius 2 is 1.89 bits per heavy atom. The van der Waals surface area contributed by atoms with Crippen LogP contribution in [0, 0.1) is 5.92 Å². The lowest BCUT2D eigenvalue weighted by molar-refractivity contribution is 0.288. The molecule has 0 aliphatic carbocycles. The highest BCUT2D eigenvalue weighted by Gasteiger charge is 2.15. The molecule has 1 aromatic carbocycles. The summed E-state index contributed by atoms with van der Waals surface area (Å²) >= 11 is 1.45. The van der Waals surface area contributed by atoms with Crippen molar-refractivity contribution >= 4 is 21.6 Å². The van der Waals surface area contributed by atoms with Crippen LogP contribution in [0.1, 0.15) is 34.1 Å². The molecule has 0 N–H and O–H groups in total. The first-order valence-corrected chi connectivity index (χ1v) is 10.3. The molecule has 0 atom stereocenters. The van der Waals surface area contributed by atoms with Crippen LogP contribution in [0.4, 0.5) is 0 Å². The number of benzene rings is 1. The second kappa shape index (κ2) is 8.57. The van der Waals surface area contributed by atoms with Gasteiger partial charge in [-0.05, 0) is 43.9 Å². The summed E-state index contributed by atoms with van der Waals surface area (Å²) in [4.78, 5) is 17.4. The minimum absolute atomic E-state index is 0.0351. The van der Waals surface area contributed by atoms with Crippen LogP contribution < -0.4 is 15.0 Å². The Bertz CT molecular complexity index is 975. The molecule has 0 saturated heterocycles. The first-order valence-electron chi connectivity index (χ1n) is 9.41. The van der Waals surface area contributed by atoms with E-state index in [2.05, 4.69) is 18.8 Å². The molecule has 0 aliphatic heterocycles. The third-order valence-electron chi connectivity index (χ3n) is 4.35. The number of aromatic nitrogens is 2. The molecule has 0 unspecified atom stereocenters. The van der Waals surface area contributed by atoms with E-state index in [9.17, 15) is 4.79 Å². The molecule has 0 aliphatic rings. The monoisotopic (exact) mass is 386 g/mol. The molecule has 2 aromatic heterocycles. The van der Waals surface area contributed by atoms with Crippen molar-refractivity contribution in [3.63, 3.8) is 0 Å². The van der Waals surface area contributed by atoms with Gasteiger partial charge in [0.05, 0.1) is 25.1 Å². The van der Waals surface area contributed by atoms with Crippen molar-refractivity contribution in [3.8, 4) is 22.6 Å². The molecule has 2 heterocycles. The van der Waals surface area contributed by atoms with Crippen molar-refractivity contribution < 1.29 is 9.47 Å². The summed E-state index contributed by atoms with van der Waals surface area (Å²) in [5.41, 5.74) is 2.71. The Morgan fingerprint density at radius 1 is 1.15 bits per heavy atom. The highest BCUT2D eigenvalue weighted by Crippen LogP contribution is 2.36. The quantitative estimate of drug-likeness (QED) is 0.548. The van der Waals surface area contributed by atoms with Gasteiger partial charge in [0.15, 0.2) is 11.5 Å². The molecule has 3 rings (SSSR count). The summed E-state index contributed by atoms with van der Waals surface area (Å²) in [6.45, 7) is 10.0. The number of ether oxygens (including phenoxy) is 2. The van der Waals surface area contributed by atoms with Crippen LogP contribution >= 0.6 is 11.3 Å². The summed E-state index contributed by atoms with van der Waals surface area (Å²) in [6, 6.07) is 5.86. The Kier molecular flexibility index (Phi) is 6.16. The highest BCUT2D eigenvalue weighted by atomic mass is 32.1. The third-order valence-corrected chi connectivity index (χ3v) is 5.31. The molecular formula is C21H26N2O3S. The fourth-order valence-corrected chi connectivity index (χ4v) is 3.90. The van der Waals surface area contributed by atoms with Crippen molar-refractivity contribution in [3.05, 3.63) is 40.3 Å². The lowest BCUT2D eigenvalue weighted by atomic mass is 10.1. The SMILES string of the molecule is CCOc1ccc(-c2csc3c(=O)n(CCC(C)C)cnc23)cc1OCC. The van der Waals surface area contributed by atoms with Gasteiger partial charge in [-0.2, -0.15) is 0 Å². The molecule has 0 fully saturated rings. The maximum Gasteiger partial charge on any atom is 0.271 e. The fraction of sp³-hybridized carbons (Fsp3) is 0.429. The van der Waals surface area contributed by atoms with E-state index < -0.39 is 0 Å². The topological polar surface area (TPSA) is 53.4 Å². The van der Waals surface area contributed by atoms with Gasteiger partial charge >= 0.3 is 0 Å². The van der Waals surface area contributed by atoms with Gasteiger partial charge in [0, 0.05) is 17.5 Å². The normalized spacial score (nSPS) is 11.3. The maximum absolute atomic E-state index is 12.8. The summed E-state index contributed by atoms with van der Waals surface area (Å²) < 4.78 is 13.8. The number of fused-ring (bicyclic) bond motifs is 1. The molecule has 0 saturated carbocycles. The van der Waals surface area contributed by atoms with Crippen LogP contribution in [-0.4, -0.2) is 22.8 Å². The van der Waals surface area contributed by atoms with Crippen molar-refractivity contribution in [2.24, 2.45) is 5.92 Å². The molecule has 5 nitrogen and oxygen atoms in total. The van der Waals surface area contributed by atoms with E-state index in [1.165, 1.54) is 11.3 Å². The lowest BCUT2D eigenvalue weighted by Crippen LogP contribution is -2.20. The average Bonchev–Trinajstić information content (AvgIpc) is 3.08. The van der Waals surface area contributed by atoms with Gasteiger partial charge in [-0.1, -0.05) is 19.9 Å². The highest BCUT2D eigenvalue weighted by molar-refractivity contribution is 7.17. The summed E-state index contributed by atoms with van der Waals surface area (Å²) in [7, 11) is 0. The Labute approximate surface area is 163 Å². The maximum atomic E-state index is 12.8. The van der Waals surface area contributed by atoms with Gasteiger partial charge in [-0.15, -0.1) is 11.3 Å². The molecule has 27 heavy (non-hydrogen) atoms. The minimum atomic E-state index is 0.0351. The zero-order chi connectivity index (χ0) is 19.4. The van der Waals surface area contributed by atoms with E-state index >= 15 is 0 Å². The summed E-state index contributed by atoms with van der Waals surface area (Å²) in [5, 5.41) is 2.00. The molecule has 144 valence electrons. The smallest absolute Gasteiger partial charge is 0.271 e. The number of aryl methyl sites for hydroxylation is 1. The second-order valence-corrected chi connectivity index (χ2v) is 7.66. The van der Waals surface area contributed by atoms with Gasteiger partial charge in [-0.25, -0.2) is 4.98 Å². The van der Waals surface area contributed by atoms with Crippen LogP contribution in [0.3, 0.4) is 0 Å². The average molecular weight is 387 g/mol. The standard InChI is InChI=1S/C21H26N2O3S/c1-5-25-17-8-7-15(11-18(17)26-6-2)16-12-27-20-19(16)22-13-23(21(20)24)10-9-14(3)4/h7-8,11-14H,5-6,9-10H2,1-4H3. The fourth-order valence-electron chi connectivity index (χ4n) is 2.92. The van der Waals surface area contributed by atoms with Crippen LogP contribution in [0.2, 0.25) is 0 Å². The zero-order valence-electron chi connectivity index (χ0n) is 16.3. The molecule has 0 amide bonds. The number of thiophene rings is 1. The van der Waals surface area contributed by atoms with Gasteiger partial charge < -0.3 is 9.47 Å². The third kappa shape index (κ3) is 4.16. The summed E-state index contributed by atoms with van der Waals surface area (Å²) in [5.74, 6) is 1.99. The van der Waals surface area contributed by atoms with Crippen LogP contribution in [0.25, 0.3) is 21.3 Å². The van der Waals surface area contributed by atoms with E-state index in [0.29, 0.717) is 36.1 Å². The predicted molar refractivity (Wildman–Crippen MR) is 111 cm³/mol. The molecule has 0 spiro atoms. The largest absolute Gasteiger partial charge is 0.490 e. The van der Waals surface area contributed by atoms with Crippen LogP contribution in [0.5, 0.6) is 11.5 Å². The lowest BCUT2D eigenvalue weighted by Gasteiger charge is -2.12. The van der Waals surface area contributed by atoms with Crippen molar-refractivity contribution in [1.82, 2.24) is 9.55 Å². The molecule has 3 aromatic rings. The molecule has 0 radical (unpaired) electrons. The number of hydrogen-bond donors (Lipinski definition) is 0. The van der Waals surface area contributed by atoms with Gasteiger partial charge in [0.1, 0.15) is 4.70 Å². The minimum Gasteiger partial charge on any atom is -0.490 e. The van der Waals surface area contributed by atoms with Crippen LogP contribution in [-0.2, 0) is 6.54 Å². The van der Waals surface area contributed by atoms with Crippen molar-refractivity contribution in [2.45, 2.75) is 40.7 Å². The van der Waals surface area contributed by atoms with Gasteiger partial charge in [-0.3, -0.25) is 9.36 Å². The first-order chi connectivity index (χ1) is 13.0. The van der Waals surface area contributed by atoms with E-state index in [1.54, 1.807) is 10.9 Å².